The molecule has 2 spiro atoms. The molecule has 1 atom stereocenters. The van der Waals surface area contributed by atoms with Crippen molar-refractivity contribution in [1.82, 2.24) is 34.4 Å². The molecule has 1 unspecified atom stereocenters. The van der Waals surface area contributed by atoms with Gasteiger partial charge in [0.15, 0.2) is 17.1 Å². The summed E-state index contributed by atoms with van der Waals surface area (Å²) in [5.74, 6) is 6.50. The summed E-state index contributed by atoms with van der Waals surface area (Å²) >= 11 is 1.41. The molecule has 2 amide bonds. The number of nitrogens with zero attached hydrogens (tertiary/aromatic N) is 8. The first kappa shape index (κ1) is 64.7. The molecule has 4 aliphatic heterocycles. The van der Waals surface area contributed by atoms with Crippen molar-refractivity contribution < 1.29 is 47.5 Å². The standard InChI is InChI=1S/C65H94N8O10S/c1-8-10-28-71(59(74)22-39-78-37-20-53-16-11-14-51(43-53)19-30-70-33-26-65(27-34-70)50-73(36-42-82-65)62(76)56-48-84-58(66-56)13-9-2)46-61(77-7)80-47-55-45-57(67-68(55)6)72-35-41-81-64(49-72)24-31-69(32-25-64)29-18-52-15-12-17-54(44-52)21-38-79-40-23-60(75)83-63(3,4)5/h11-12,14-17,43-45,48,61H,8,10,18-42,46-47,49-50H2,1-7H3. The predicted octanol–water partition coefficient (Wildman–Crippen LogP) is 7.77. The summed E-state index contributed by atoms with van der Waals surface area (Å²) in [6.07, 6.45) is 9.03. The van der Waals surface area contributed by atoms with E-state index in [-0.39, 0.29) is 41.8 Å². The molecule has 18 nitrogen and oxygen atoms in total. The van der Waals surface area contributed by atoms with Gasteiger partial charge >= 0.3 is 5.97 Å². The number of likely N-dealkylation sites (tertiary alicyclic amines) is 2. The molecule has 0 radical (unpaired) electrons. The summed E-state index contributed by atoms with van der Waals surface area (Å²) in [5.41, 5.74) is 5.50. The fourth-order valence-corrected chi connectivity index (χ4v) is 12.3. The molecule has 4 aromatic rings. The van der Waals surface area contributed by atoms with Gasteiger partial charge in [0.2, 0.25) is 5.91 Å². The van der Waals surface area contributed by atoms with Crippen LogP contribution in [0.4, 0.5) is 5.82 Å². The lowest BCUT2D eigenvalue weighted by atomic mass is 9.89. The number of rotatable bonds is 29. The van der Waals surface area contributed by atoms with Crippen LogP contribution in [-0.2, 0) is 82.1 Å². The molecule has 2 aromatic carbocycles. The number of hydrogen-bond donors (Lipinski definition) is 0. The molecule has 19 heteroatoms. The maximum absolute atomic E-state index is 13.7. The molecular weight excluding hydrogens is 1080 g/mol. The normalized spacial score (nSPS) is 17.8. The van der Waals surface area contributed by atoms with E-state index in [4.69, 9.17) is 38.3 Å². The number of thiazole rings is 1. The first-order valence-corrected chi connectivity index (χ1v) is 31.6. The highest BCUT2D eigenvalue weighted by molar-refractivity contribution is 7.10. The second-order valence-electron chi connectivity index (χ2n) is 24.0. The number of carbonyl (C=O) groups excluding carboxylic acids is 3. The van der Waals surface area contributed by atoms with Gasteiger partial charge in [-0.3, -0.25) is 19.1 Å². The van der Waals surface area contributed by atoms with Gasteiger partial charge in [-0.15, -0.1) is 11.3 Å². The van der Waals surface area contributed by atoms with Crippen LogP contribution in [0.2, 0.25) is 0 Å². The van der Waals surface area contributed by atoms with Crippen molar-refractivity contribution in [3.05, 3.63) is 98.6 Å². The molecule has 8 rings (SSSR count). The first-order valence-electron chi connectivity index (χ1n) is 30.7. The van der Waals surface area contributed by atoms with E-state index in [1.165, 1.54) is 33.6 Å². The zero-order chi connectivity index (χ0) is 59.4. The second-order valence-corrected chi connectivity index (χ2v) is 24.9. The fourth-order valence-electron chi connectivity index (χ4n) is 11.6. The molecule has 4 aliphatic rings. The molecule has 460 valence electrons. The number of benzene rings is 2. The zero-order valence-corrected chi connectivity index (χ0v) is 52.2. The summed E-state index contributed by atoms with van der Waals surface area (Å²) in [7, 11) is 3.58. The maximum Gasteiger partial charge on any atom is 0.308 e. The third-order valence-corrected chi connectivity index (χ3v) is 17.3. The Bertz CT molecular complexity index is 2770. The van der Waals surface area contributed by atoms with E-state index in [0.717, 1.165) is 128 Å². The zero-order valence-electron chi connectivity index (χ0n) is 51.3. The molecule has 6 heterocycles. The topological polar surface area (TPSA) is 163 Å². The Morgan fingerprint density at radius 3 is 1.98 bits per heavy atom. The fraction of sp³-hybridized carbons (Fsp3) is 0.646. The molecule has 4 fully saturated rings. The highest BCUT2D eigenvalue weighted by Crippen LogP contribution is 2.34. The molecule has 84 heavy (non-hydrogen) atoms. The number of piperidine rings is 2. The Labute approximate surface area is 503 Å². The molecular formula is C65H94N8O10S. The van der Waals surface area contributed by atoms with Crippen molar-refractivity contribution >= 4 is 34.9 Å². The lowest BCUT2D eigenvalue weighted by molar-refractivity contribution is -0.157. The summed E-state index contributed by atoms with van der Waals surface area (Å²) in [5, 5.41) is 7.42. The van der Waals surface area contributed by atoms with Gasteiger partial charge in [-0.05, 0) is 114 Å². The second kappa shape index (κ2) is 31.9. The number of carbonyl (C=O) groups is 3. The number of ether oxygens (including phenoxy) is 7. The van der Waals surface area contributed by atoms with Crippen LogP contribution >= 0.6 is 11.3 Å². The number of methoxy groups -OCH3 is 1. The van der Waals surface area contributed by atoms with Gasteiger partial charge < -0.3 is 57.7 Å². The van der Waals surface area contributed by atoms with Crippen LogP contribution in [0, 0.1) is 11.8 Å². The highest BCUT2D eigenvalue weighted by Gasteiger charge is 2.42. The average molecular weight is 1180 g/mol. The van der Waals surface area contributed by atoms with Crippen molar-refractivity contribution in [2.24, 2.45) is 7.05 Å². The molecule has 4 saturated heterocycles. The Morgan fingerprint density at radius 2 is 1.38 bits per heavy atom. The summed E-state index contributed by atoms with van der Waals surface area (Å²) in [4.78, 5) is 54.6. The van der Waals surface area contributed by atoms with Gasteiger partial charge in [0.05, 0.1) is 89.1 Å². The monoisotopic (exact) mass is 1180 g/mol. The van der Waals surface area contributed by atoms with Gasteiger partial charge in [-0.1, -0.05) is 67.8 Å². The largest absolute Gasteiger partial charge is 0.460 e. The number of hydrogen-bond acceptors (Lipinski definition) is 16. The van der Waals surface area contributed by atoms with Crippen LogP contribution in [0.15, 0.2) is 60.0 Å². The van der Waals surface area contributed by atoms with Gasteiger partial charge in [-0.2, -0.15) is 5.10 Å². The Balaban J connectivity index is 0.705. The van der Waals surface area contributed by atoms with Gasteiger partial charge in [-0.25, -0.2) is 4.98 Å². The Morgan fingerprint density at radius 1 is 0.786 bits per heavy atom. The highest BCUT2D eigenvalue weighted by atomic mass is 32.1. The number of aryl methyl sites for hydroxylation is 1. The van der Waals surface area contributed by atoms with Gasteiger partial charge in [0.1, 0.15) is 11.3 Å². The molecule has 0 aliphatic carbocycles. The minimum absolute atomic E-state index is 0.0289. The van der Waals surface area contributed by atoms with E-state index in [2.05, 4.69) is 93.0 Å². The first-order chi connectivity index (χ1) is 40.6. The Hall–Kier alpha value is -5.27. The van der Waals surface area contributed by atoms with Gasteiger partial charge in [0, 0.05) is 91.1 Å². The van der Waals surface area contributed by atoms with Crippen LogP contribution < -0.4 is 4.90 Å². The van der Waals surface area contributed by atoms with E-state index < -0.39 is 11.9 Å². The minimum atomic E-state index is -0.605. The molecule has 2 aromatic heterocycles. The van der Waals surface area contributed by atoms with Crippen molar-refractivity contribution in [3.8, 4) is 11.8 Å². The lowest BCUT2D eigenvalue weighted by Gasteiger charge is -2.47. The average Bonchev–Trinajstić information content (AvgIpc) is 4.21. The van der Waals surface area contributed by atoms with Crippen LogP contribution in [0.25, 0.3) is 0 Å². The van der Waals surface area contributed by atoms with Crippen LogP contribution in [0.5, 0.6) is 0 Å². The molecule has 0 bridgehead atoms. The predicted molar refractivity (Wildman–Crippen MR) is 326 cm³/mol. The van der Waals surface area contributed by atoms with Gasteiger partial charge in [0.25, 0.3) is 5.91 Å². The van der Waals surface area contributed by atoms with Crippen molar-refractivity contribution in [3.63, 3.8) is 0 Å². The summed E-state index contributed by atoms with van der Waals surface area (Å²) in [6, 6.07) is 19.6. The quantitative estimate of drug-likeness (QED) is 0.0224. The molecule has 0 N–H and O–H groups in total. The van der Waals surface area contributed by atoms with E-state index in [1.807, 2.05) is 47.7 Å². The number of aromatic nitrogens is 3. The lowest BCUT2D eigenvalue weighted by Crippen LogP contribution is -2.58. The third-order valence-electron chi connectivity index (χ3n) is 16.6. The molecule has 0 saturated carbocycles. The van der Waals surface area contributed by atoms with Crippen molar-refractivity contribution in [2.45, 2.75) is 141 Å². The number of unbranched alkanes of at least 4 members (excludes halogenated alkanes) is 1. The van der Waals surface area contributed by atoms with Crippen LogP contribution in [0.3, 0.4) is 0 Å². The van der Waals surface area contributed by atoms with Crippen LogP contribution in [-0.4, -0.2) is 201 Å². The number of amides is 2. The van der Waals surface area contributed by atoms with Crippen molar-refractivity contribution in [2.75, 3.05) is 130 Å². The number of esters is 1. The van der Waals surface area contributed by atoms with E-state index >= 15 is 0 Å². The maximum atomic E-state index is 13.7. The van der Waals surface area contributed by atoms with E-state index in [1.54, 1.807) is 14.0 Å². The summed E-state index contributed by atoms with van der Waals surface area (Å²) in [6.45, 7) is 22.3. The summed E-state index contributed by atoms with van der Waals surface area (Å²) < 4.78 is 44.2. The minimum Gasteiger partial charge on any atom is -0.460 e. The smallest absolute Gasteiger partial charge is 0.308 e. The number of morpholine rings is 2. The van der Waals surface area contributed by atoms with E-state index in [9.17, 15) is 14.4 Å². The van der Waals surface area contributed by atoms with Crippen LogP contribution in [0.1, 0.15) is 129 Å². The van der Waals surface area contributed by atoms with E-state index in [0.29, 0.717) is 83.1 Å². The van der Waals surface area contributed by atoms with Crippen molar-refractivity contribution in [1.29, 1.82) is 0 Å². The third kappa shape index (κ3) is 19.9. The Kier molecular flexibility index (Phi) is 24.6. The SMILES string of the molecule is CC#Cc1nc(C(=O)N2CCOC3(CCN(CCc4cccc(CCOCCC(=O)N(CCCC)CC(OC)OCc5cc(N6CCOC7(CCN(CCc8cccc(CCOCCC(=O)OC(C)(C)C)c8)CC7)C6)nn5C)c4)CC3)C2)cs1. The number of anilines is 1.